The normalized spacial score (nSPS) is 11.4. The lowest BCUT2D eigenvalue weighted by Gasteiger charge is -2.07. The summed E-state index contributed by atoms with van der Waals surface area (Å²) in [5.41, 5.74) is 1.47. The molecular formula is C16H21N3O4S. The first kappa shape index (κ1) is 18.2. The number of nitrogens with zero attached hydrogens (tertiary/aromatic N) is 1. The maximum absolute atomic E-state index is 12.2. The monoisotopic (exact) mass is 351 g/mol. The maximum atomic E-state index is 12.2. The lowest BCUT2D eigenvalue weighted by Crippen LogP contribution is -2.37. The maximum Gasteiger partial charge on any atom is 0.246 e. The minimum absolute atomic E-state index is 0.0145. The molecule has 0 fully saturated rings. The molecule has 0 atom stereocenters. The van der Waals surface area contributed by atoms with Gasteiger partial charge in [0.05, 0.1) is 6.54 Å². The van der Waals surface area contributed by atoms with Crippen molar-refractivity contribution in [2.45, 2.75) is 31.6 Å². The summed E-state index contributed by atoms with van der Waals surface area (Å²) in [5, 5.41) is 6.30. The molecule has 24 heavy (non-hydrogen) atoms. The summed E-state index contributed by atoms with van der Waals surface area (Å²) in [7, 11) is -3.81. The molecule has 2 aromatic rings. The first-order chi connectivity index (χ1) is 11.4. The van der Waals surface area contributed by atoms with E-state index in [4.69, 9.17) is 4.52 Å². The van der Waals surface area contributed by atoms with E-state index in [1.165, 1.54) is 19.4 Å². The number of amides is 1. The highest BCUT2D eigenvalue weighted by Gasteiger charge is 2.24. The predicted octanol–water partition coefficient (Wildman–Crippen LogP) is 1.32. The Morgan fingerprint density at radius 3 is 2.54 bits per heavy atom. The molecule has 0 aliphatic heterocycles. The van der Waals surface area contributed by atoms with Crippen molar-refractivity contribution in [2.24, 2.45) is 0 Å². The third-order valence-corrected chi connectivity index (χ3v) is 5.11. The van der Waals surface area contributed by atoms with E-state index in [1.807, 2.05) is 30.3 Å². The van der Waals surface area contributed by atoms with Gasteiger partial charge in [0.2, 0.25) is 15.9 Å². The van der Waals surface area contributed by atoms with E-state index < -0.39 is 10.0 Å². The SMILES string of the molecule is Cc1noc(C)c1S(=O)(=O)NCC(=O)NCCCc1ccccc1. The van der Waals surface area contributed by atoms with Gasteiger partial charge in [-0.15, -0.1) is 0 Å². The molecule has 0 bridgehead atoms. The van der Waals surface area contributed by atoms with E-state index in [0.717, 1.165) is 12.8 Å². The highest BCUT2D eigenvalue weighted by atomic mass is 32.2. The predicted molar refractivity (Wildman–Crippen MR) is 88.9 cm³/mol. The number of hydrogen-bond donors (Lipinski definition) is 2. The Hall–Kier alpha value is -2.19. The molecule has 0 saturated carbocycles. The zero-order valence-electron chi connectivity index (χ0n) is 13.7. The summed E-state index contributed by atoms with van der Waals surface area (Å²) in [6, 6.07) is 9.95. The van der Waals surface area contributed by atoms with E-state index in [9.17, 15) is 13.2 Å². The van der Waals surface area contributed by atoms with Crippen LogP contribution in [0, 0.1) is 13.8 Å². The van der Waals surface area contributed by atoms with Gasteiger partial charge in [-0.05, 0) is 32.3 Å². The van der Waals surface area contributed by atoms with Gasteiger partial charge < -0.3 is 9.84 Å². The number of sulfonamides is 1. The van der Waals surface area contributed by atoms with Gasteiger partial charge in [0, 0.05) is 6.54 Å². The molecule has 0 saturated heterocycles. The summed E-state index contributed by atoms with van der Waals surface area (Å²) in [4.78, 5) is 11.7. The minimum Gasteiger partial charge on any atom is -0.360 e. The van der Waals surface area contributed by atoms with Crippen LogP contribution in [0.15, 0.2) is 39.8 Å². The van der Waals surface area contributed by atoms with Crippen LogP contribution >= 0.6 is 0 Å². The van der Waals surface area contributed by atoms with Crippen molar-refractivity contribution in [1.82, 2.24) is 15.2 Å². The van der Waals surface area contributed by atoms with E-state index in [1.54, 1.807) is 0 Å². The highest BCUT2D eigenvalue weighted by Crippen LogP contribution is 2.18. The fraction of sp³-hybridized carbons (Fsp3) is 0.375. The van der Waals surface area contributed by atoms with Gasteiger partial charge in [-0.25, -0.2) is 13.1 Å². The van der Waals surface area contributed by atoms with Crippen molar-refractivity contribution in [2.75, 3.05) is 13.1 Å². The zero-order valence-corrected chi connectivity index (χ0v) is 14.5. The van der Waals surface area contributed by atoms with Crippen molar-refractivity contribution in [1.29, 1.82) is 0 Å². The van der Waals surface area contributed by atoms with Crippen molar-refractivity contribution in [3.05, 3.63) is 47.3 Å². The smallest absolute Gasteiger partial charge is 0.246 e. The second-order valence-corrected chi connectivity index (χ2v) is 7.12. The number of aryl methyl sites for hydroxylation is 3. The van der Waals surface area contributed by atoms with E-state index in [0.29, 0.717) is 6.54 Å². The Labute approximate surface area is 141 Å². The van der Waals surface area contributed by atoms with E-state index >= 15 is 0 Å². The van der Waals surface area contributed by atoms with Gasteiger partial charge in [-0.3, -0.25) is 4.79 Å². The van der Waals surface area contributed by atoms with E-state index in [2.05, 4.69) is 15.2 Å². The third kappa shape index (κ3) is 4.90. The highest BCUT2D eigenvalue weighted by molar-refractivity contribution is 7.89. The van der Waals surface area contributed by atoms with Crippen molar-refractivity contribution < 1.29 is 17.7 Å². The summed E-state index contributed by atoms with van der Waals surface area (Å²) in [6.45, 7) is 3.21. The molecule has 1 aromatic heterocycles. The number of nitrogens with one attached hydrogen (secondary N) is 2. The Morgan fingerprint density at radius 1 is 1.21 bits per heavy atom. The van der Waals surface area contributed by atoms with Crippen molar-refractivity contribution >= 4 is 15.9 Å². The fourth-order valence-electron chi connectivity index (χ4n) is 2.32. The molecule has 2 rings (SSSR count). The largest absolute Gasteiger partial charge is 0.360 e. The molecule has 0 radical (unpaired) electrons. The molecule has 130 valence electrons. The average molecular weight is 351 g/mol. The summed E-state index contributed by atoms with van der Waals surface area (Å²) in [5.74, 6) is -0.179. The van der Waals surface area contributed by atoms with Gasteiger partial charge in [0.1, 0.15) is 10.6 Å². The number of hydrogen-bond acceptors (Lipinski definition) is 5. The Bertz CT molecular complexity index is 765. The molecule has 0 aliphatic rings. The molecule has 1 amide bonds. The van der Waals surface area contributed by atoms with Crippen molar-refractivity contribution in [3.8, 4) is 0 Å². The second-order valence-electron chi connectivity index (χ2n) is 5.42. The molecular weight excluding hydrogens is 330 g/mol. The molecule has 1 aromatic carbocycles. The van der Waals surface area contributed by atoms with Gasteiger partial charge in [-0.2, -0.15) is 0 Å². The zero-order chi connectivity index (χ0) is 17.6. The summed E-state index contributed by atoms with van der Waals surface area (Å²) in [6.07, 6.45) is 1.64. The standard InChI is InChI=1S/C16H21N3O4S/c1-12-16(13(2)23-19-12)24(21,22)18-11-15(20)17-10-6-9-14-7-4-3-5-8-14/h3-5,7-8,18H,6,9-11H2,1-2H3,(H,17,20). The van der Waals surface area contributed by atoms with Gasteiger partial charge in [0.15, 0.2) is 5.76 Å². The lowest BCUT2D eigenvalue weighted by molar-refractivity contribution is -0.119. The topological polar surface area (TPSA) is 101 Å². The van der Waals surface area contributed by atoms with Crippen LogP contribution in [0.2, 0.25) is 0 Å². The number of carbonyl (C=O) groups excluding carboxylic acids is 1. The molecule has 0 aliphatic carbocycles. The van der Waals surface area contributed by atoms with Gasteiger partial charge in [0.25, 0.3) is 0 Å². The number of carbonyl (C=O) groups is 1. The van der Waals surface area contributed by atoms with Crippen LogP contribution in [0.4, 0.5) is 0 Å². The Kier molecular flexibility index (Phi) is 6.10. The quantitative estimate of drug-likeness (QED) is 0.699. The first-order valence-corrected chi connectivity index (χ1v) is 9.11. The second kappa shape index (κ2) is 8.07. The summed E-state index contributed by atoms with van der Waals surface area (Å²) < 4.78 is 31.4. The van der Waals surface area contributed by atoms with Crippen LogP contribution in [0.25, 0.3) is 0 Å². The lowest BCUT2D eigenvalue weighted by atomic mass is 10.1. The summed E-state index contributed by atoms with van der Waals surface area (Å²) >= 11 is 0. The average Bonchev–Trinajstić information content (AvgIpc) is 2.90. The number of aromatic nitrogens is 1. The third-order valence-electron chi connectivity index (χ3n) is 3.47. The van der Waals surface area contributed by atoms with Crippen LogP contribution in [-0.4, -0.2) is 32.6 Å². The Morgan fingerprint density at radius 2 is 1.92 bits per heavy atom. The fourth-order valence-corrected chi connectivity index (χ4v) is 3.63. The van der Waals surface area contributed by atoms with Crippen LogP contribution in [-0.2, 0) is 21.2 Å². The van der Waals surface area contributed by atoms with Crippen molar-refractivity contribution in [3.63, 3.8) is 0 Å². The molecule has 0 unspecified atom stereocenters. The molecule has 8 heteroatoms. The van der Waals surface area contributed by atoms with Crippen LogP contribution in [0.1, 0.15) is 23.4 Å². The van der Waals surface area contributed by atoms with Crippen LogP contribution < -0.4 is 10.0 Å². The molecule has 7 nitrogen and oxygen atoms in total. The Balaban J connectivity index is 1.75. The molecule has 0 spiro atoms. The van der Waals surface area contributed by atoms with Crippen LogP contribution in [0.5, 0.6) is 0 Å². The van der Waals surface area contributed by atoms with E-state index in [-0.39, 0.29) is 28.8 Å². The van der Waals surface area contributed by atoms with Crippen LogP contribution in [0.3, 0.4) is 0 Å². The minimum atomic E-state index is -3.81. The van der Waals surface area contributed by atoms with Gasteiger partial charge >= 0.3 is 0 Å². The first-order valence-electron chi connectivity index (χ1n) is 7.63. The van der Waals surface area contributed by atoms with Gasteiger partial charge in [-0.1, -0.05) is 35.5 Å². The number of benzene rings is 1. The molecule has 1 heterocycles. The number of rotatable bonds is 8. The molecule has 2 N–H and O–H groups in total.